The highest BCUT2D eigenvalue weighted by molar-refractivity contribution is 7.98. The van der Waals surface area contributed by atoms with Crippen LogP contribution in [0, 0.1) is 17.5 Å². The molecule has 0 saturated carbocycles. The van der Waals surface area contributed by atoms with Crippen LogP contribution in [0.5, 0.6) is 5.75 Å². The van der Waals surface area contributed by atoms with E-state index in [-0.39, 0.29) is 34.2 Å². The fourth-order valence-electron chi connectivity index (χ4n) is 5.07. The van der Waals surface area contributed by atoms with E-state index in [1.807, 2.05) is 26.0 Å². The van der Waals surface area contributed by atoms with E-state index in [4.69, 9.17) is 16.3 Å². The number of aryl methyl sites for hydroxylation is 1. The lowest BCUT2D eigenvalue weighted by Crippen LogP contribution is -2.49. The third kappa shape index (κ3) is 8.48. The number of esters is 1. The predicted octanol–water partition coefficient (Wildman–Crippen LogP) is 8.64. The molecule has 1 unspecified atom stereocenters. The third-order valence-corrected chi connectivity index (χ3v) is 9.18. The van der Waals surface area contributed by atoms with Crippen molar-refractivity contribution in [2.45, 2.75) is 55.4 Å². The number of carbonyl (C=O) groups excluding carboxylic acids is 1. The lowest BCUT2D eigenvalue weighted by molar-refractivity contribution is -0.917. The summed E-state index contributed by atoms with van der Waals surface area (Å²) in [4.78, 5) is 16.0. The van der Waals surface area contributed by atoms with Crippen molar-refractivity contribution in [2.24, 2.45) is 0 Å². The molecule has 0 amide bonds. The molecule has 48 heavy (non-hydrogen) atoms. The number of methoxy groups -OCH3 is 1. The summed E-state index contributed by atoms with van der Waals surface area (Å²) in [5.41, 5.74) is 1.40. The molecule has 0 spiro atoms. The number of halogens is 7. The summed E-state index contributed by atoms with van der Waals surface area (Å²) in [7, 11) is 6.15. The first-order valence-electron chi connectivity index (χ1n) is 14.7. The fraction of sp³-hybridized carbons (Fsp3) is 0.353. The number of hydrogen-bond acceptors (Lipinski definition) is 5. The Morgan fingerprint density at radius 2 is 1.62 bits per heavy atom. The summed E-state index contributed by atoms with van der Waals surface area (Å²) in [5, 5.41) is 0.833. The Kier molecular flexibility index (Phi) is 11.2. The summed E-state index contributed by atoms with van der Waals surface area (Å²) in [6, 6.07) is 13.4. The minimum atomic E-state index is -5.17. The smallest absolute Gasteiger partial charge is 0.491 e. The van der Waals surface area contributed by atoms with Gasteiger partial charge < -0.3 is 9.47 Å². The minimum absolute atomic E-state index is 0.0461. The number of imidazole rings is 1. The number of thioether (sulfide) groups is 1. The van der Waals surface area contributed by atoms with Crippen molar-refractivity contribution >= 4 is 29.3 Å². The van der Waals surface area contributed by atoms with Gasteiger partial charge in [-0.05, 0) is 66.1 Å². The Bertz CT molecular complexity index is 1750. The number of nitrogens with zero attached hydrogens (tertiary/aromatic N) is 3. The van der Waals surface area contributed by atoms with Crippen molar-refractivity contribution in [1.29, 1.82) is 0 Å². The van der Waals surface area contributed by atoms with Gasteiger partial charge in [0.2, 0.25) is 6.23 Å². The van der Waals surface area contributed by atoms with Crippen LogP contribution in [0.15, 0.2) is 66.0 Å². The van der Waals surface area contributed by atoms with Gasteiger partial charge in [0.25, 0.3) is 0 Å². The number of aromatic nitrogens is 2. The average molecular weight is 715 g/mol. The van der Waals surface area contributed by atoms with Crippen LogP contribution in [0.1, 0.15) is 42.7 Å². The summed E-state index contributed by atoms with van der Waals surface area (Å²) in [6.45, 7) is 3.93. The molecule has 0 aliphatic rings. The Morgan fingerprint density at radius 3 is 2.19 bits per heavy atom. The lowest BCUT2D eigenvalue weighted by Gasteiger charge is -2.33. The van der Waals surface area contributed by atoms with Crippen molar-refractivity contribution in [3.05, 3.63) is 106 Å². The number of rotatable bonds is 12. The number of quaternary nitrogens is 1. The monoisotopic (exact) mass is 714 g/mol. The maximum absolute atomic E-state index is 15.3. The van der Waals surface area contributed by atoms with E-state index in [1.54, 1.807) is 50.1 Å². The Balaban J connectivity index is 1.61. The lowest BCUT2D eigenvalue weighted by atomic mass is 9.81. The quantitative estimate of drug-likeness (QED) is 0.0484. The van der Waals surface area contributed by atoms with Crippen molar-refractivity contribution in [1.82, 2.24) is 9.55 Å². The van der Waals surface area contributed by atoms with Gasteiger partial charge in [-0.2, -0.15) is 13.2 Å². The topological polar surface area (TPSA) is 53.4 Å². The normalized spacial score (nSPS) is 13.0. The Labute approximate surface area is 284 Å². The molecule has 0 N–H and O–H groups in total. The van der Waals surface area contributed by atoms with Gasteiger partial charge in [-0.15, -0.1) is 0 Å². The molecule has 1 aromatic heterocycles. The molecule has 0 aliphatic heterocycles. The van der Waals surface area contributed by atoms with E-state index < -0.39 is 41.2 Å². The van der Waals surface area contributed by atoms with Crippen LogP contribution in [0.2, 0.25) is 5.02 Å². The number of alkyl halides is 3. The van der Waals surface area contributed by atoms with Gasteiger partial charge >= 0.3 is 12.1 Å². The number of ether oxygens (including phenoxy) is 2. The molecular weight excluding hydrogens is 680 g/mol. The van der Waals surface area contributed by atoms with E-state index in [2.05, 4.69) is 9.72 Å². The first kappa shape index (κ1) is 37.1. The zero-order chi connectivity index (χ0) is 35.6. The molecule has 0 radical (unpaired) electrons. The number of hydrogen-bond donors (Lipinski definition) is 0. The van der Waals surface area contributed by atoms with Gasteiger partial charge in [-0.3, -0.25) is 9.05 Å². The van der Waals surface area contributed by atoms with Crippen LogP contribution >= 0.6 is 23.4 Å². The minimum Gasteiger partial charge on any atom is -0.495 e. The van der Waals surface area contributed by atoms with Crippen LogP contribution in [0.4, 0.5) is 26.3 Å². The second-order valence-electron chi connectivity index (χ2n) is 12.6. The molecule has 0 aliphatic carbocycles. The van der Waals surface area contributed by atoms with Crippen LogP contribution in [0.25, 0.3) is 5.69 Å². The maximum Gasteiger partial charge on any atom is 0.491 e. The number of carbonyl (C=O) groups is 1. The highest BCUT2D eigenvalue weighted by Gasteiger charge is 2.44. The van der Waals surface area contributed by atoms with E-state index in [0.717, 1.165) is 29.5 Å². The van der Waals surface area contributed by atoms with Crippen molar-refractivity contribution in [2.75, 3.05) is 28.3 Å². The molecule has 0 fully saturated rings. The molecule has 3 aromatic carbocycles. The SMILES string of the molecule is COc1cc(C(C)(C)c2cnc(SCc3c(F)cc(CCC(OC(=O)C(F)(F)F)[N+](C)(C)C)cc3F)n2-c2ccc(F)cc2)ccc1Cl. The molecule has 1 atom stereocenters. The van der Waals surface area contributed by atoms with Crippen molar-refractivity contribution in [3.63, 3.8) is 0 Å². The van der Waals surface area contributed by atoms with E-state index in [1.165, 1.54) is 19.2 Å². The number of benzene rings is 3. The molecule has 4 rings (SSSR count). The highest BCUT2D eigenvalue weighted by atomic mass is 35.5. The van der Waals surface area contributed by atoms with Gasteiger partial charge in [0.05, 0.1) is 45.2 Å². The van der Waals surface area contributed by atoms with Gasteiger partial charge in [0, 0.05) is 28.8 Å². The largest absolute Gasteiger partial charge is 0.495 e. The zero-order valence-electron chi connectivity index (χ0n) is 27.1. The van der Waals surface area contributed by atoms with E-state index in [9.17, 15) is 22.4 Å². The molecular formula is C34H35ClF6N3O3S+. The Hall–Kier alpha value is -3.68. The van der Waals surface area contributed by atoms with Gasteiger partial charge in [-0.25, -0.2) is 22.9 Å². The van der Waals surface area contributed by atoms with E-state index >= 15 is 8.78 Å². The van der Waals surface area contributed by atoms with Gasteiger partial charge in [-0.1, -0.05) is 43.3 Å². The molecule has 258 valence electrons. The molecule has 14 heteroatoms. The fourth-order valence-corrected chi connectivity index (χ4v) is 6.28. The standard InChI is InChI=1S/C34H35ClF6N3O3S/c1-33(2,21-8-13-25(35)28(17-21)46-6)29-18-42-32(43(29)23-11-9-22(36)10-12-23)48-19-24-26(37)15-20(16-27(24)38)7-14-30(44(3,4)5)47-31(45)34(39,40)41/h8-13,15-18,30H,7,14,19H2,1-6H3/q+1. The first-order chi connectivity index (χ1) is 22.3. The summed E-state index contributed by atoms with van der Waals surface area (Å²) in [5.74, 6) is -4.14. The van der Waals surface area contributed by atoms with Crippen LogP contribution in [0.3, 0.4) is 0 Å². The molecule has 4 aromatic rings. The van der Waals surface area contributed by atoms with E-state index in [0.29, 0.717) is 27.3 Å². The maximum atomic E-state index is 15.3. The third-order valence-electron chi connectivity index (χ3n) is 7.89. The van der Waals surface area contributed by atoms with Crippen molar-refractivity contribution < 1.29 is 45.1 Å². The Morgan fingerprint density at radius 1 is 1.00 bits per heavy atom. The van der Waals surface area contributed by atoms with Gasteiger partial charge in [0.1, 0.15) is 23.2 Å². The second kappa shape index (κ2) is 14.4. The van der Waals surface area contributed by atoms with Crippen molar-refractivity contribution in [3.8, 4) is 11.4 Å². The summed E-state index contributed by atoms with van der Waals surface area (Å²) >= 11 is 7.33. The summed E-state index contributed by atoms with van der Waals surface area (Å²) < 4.78 is 94.7. The van der Waals surface area contributed by atoms with Crippen LogP contribution in [-0.4, -0.2) is 60.7 Å². The molecule has 6 nitrogen and oxygen atoms in total. The van der Waals surface area contributed by atoms with Crippen LogP contribution in [-0.2, 0) is 27.1 Å². The average Bonchev–Trinajstić information content (AvgIpc) is 3.43. The predicted molar refractivity (Wildman–Crippen MR) is 172 cm³/mol. The molecule has 1 heterocycles. The van der Waals surface area contributed by atoms with Crippen LogP contribution < -0.4 is 4.74 Å². The second-order valence-corrected chi connectivity index (χ2v) is 13.9. The highest BCUT2D eigenvalue weighted by Crippen LogP contribution is 2.39. The molecule has 0 bridgehead atoms. The zero-order valence-corrected chi connectivity index (χ0v) is 28.7. The first-order valence-corrected chi connectivity index (χ1v) is 16.1. The summed E-state index contributed by atoms with van der Waals surface area (Å²) in [6.07, 6.45) is -4.88. The van der Waals surface area contributed by atoms with Gasteiger partial charge in [0.15, 0.2) is 5.16 Å². The molecule has 0 saturated heterocycles.